The number of hydrogen-bond acceptors (Lipinski definition) is 4. The minimum absolute atomic E-state index is 0.0771. The summed E-state index contributed by atoms with van der Waals surface area (Å²) < 4.78 is 32.1. The summed E-state index contributed by atoms with van der Waals surface area (Å²) in [6, 6.07) is 4.58. The molecule has 1 saturated carbocycles. The number of hydrogen-bond donors (Lipinski definition) is 2. The number of benzene rings is 1. The molecule has 0 bridgehead atoms. The maximum atomic E-state index is 12.2. The minimum atomic E-state index is -3.48. The number of nitrogen functional groups attached to an aromatic ring is 1. The number of methoxy groups -OCH3 is 1. The van der Waals surface area contributed by atoms with Gasteiger partial charge in [-0.1, -0.05) is 13.3 Å². The van der Waals surface area contributed by atoms with Crippen LogP contribution in [0.2, 0.25) is 0 Å². The Labute approximate surface area is 114 Å². The second-order valence-corrected chi connectivity index (χ2v) is 6.63. The molecule has 6 heteroatoms. The average Bonchev–Trinajstić information content (AvgIpc) is 3.06. The van der Waals surface area contributed by atoms with Crippen molar-refractivity contribution in [3.8, 4) is 5.75 Å². The van der Waals surface area contributed by atoms with Crippen molar-refractivity contribution in [1.29, 1.82) is 0 Å². The fraction of sp³-hybridized carbons (Fsp3) is 0.538. The quantitative estimate of drug-likeness (QED) is 0.780. The highest BCUT2D eigenvalue weighted by Crippen LogP contribution is 2.36. The first kappa shape index (κ1) is 14.1. The maximum absolute atomic E-state index is 12.2. The summed E-state index contributed by atoms with van der Waals surface area (Å²) in [6.45, 7) is 2.11. The number of ether oxygens (including phenoxy) is 1. The summed E-state index contributed by atoms with van der Waals surface area (Å²) >= 11 is 0. The summed E-state index contributed by atoms with van der Waals surface area (Å²) in [5.74, 6) is 0.963. The normalized spacial score (nSPS) is 22.2. The topological polar surface area (TPSA) is 81.4 Å². The molecular formula is C13H20N2O3S. The third kappa shape index (κ3) is 3.19. The summed E-state index contributed by atoms with van der Waals surface area (Å²) in [4.78, 5) is 0.188. The van der Waals surface area contributed by atoms with Crippen molar-refractivity contribution in [2.24, 2.45) is 5.92 Å². The van der Waals surface area contributed by atoms with Crippen LogP contribution in [0.3, 0.4) is 0 Å². The lowest BCUT2D eigenvalue weighted by Gasteiger charge is -2.09. The van der Waals surface area contributed by atoms with Gasteiger partial charge in [0.1, 0.15) is 5.75 Å². The van der Waals surface area contributed by atoms with E-state index in [4.69, 9.17) is 10.5 Å². The molecule has 2 unspecified atom stereocenters. The summed E-state index contributed by atoms with van der Waals surface area (Å²) in [6.07, 6.45) is 3.08. The van der Waals surface area contributed by atoms with E-state index in [9.17, 15) is 8.42 Å². The highest BCUT2D eigenvalue weighted by atomic mass is 32.2. The van der Waals surface area contributed by atoms with E-state index in [0.717, 1.165) is 19.3 Å². The lowest BCUT2D eigenvalue weighted by Crippen LogP contribution is -2.27. The van der Waals surface area contributed by atoms with Gasteiger partial charge in [0, 0.05) is 6.04 Å². The Hall–Kier alpha value is -1.27. The molecule has 0 saturated heterocycles. The molecule has 1 aromatic carbocycles. The van der Waals surface area contributed by atoms with Crippen molar-refractivity contribution in [1.82, 2.24) is 4.72 Å². The Bertz CT molecular complexity index is 557. The Morgan fingerprint density at radius 1 is 1.47 bits per heavy atom. The predicted octanol–water partition coefficient (Wildman–Crippen LogP) is 1.74. The van der Waals surface area contributed by atoms with Crippen LogP contribution in [0.1, 0.15) is 26.2 Å². The second-order valence-electron chi connectivity index (χ2n) is 4.92. The van der Waals surface area contributed by atoms with Gasteiger partial charge in [0.05, 0.1) is 17.7 Å². The zero-order chi connectivity index (χ0) is 14.0. The molecule has 1 fully saturated rings. The van der Waals surface area contributed by atoms with Crippen molar-refractivity contribution in [2.45, 2.75) is 37.1 Å². The van der Waals surface area contributed by atoms with Gasteiger partial charge in [-0.3, -0.25) is 0 Å². The lowest BCUT2D eigenvalue weighted by molar-refractivity contribution is 0.416. The Balaban J connectivity index is 2.10. The van der Waals surface area contributed by atoms with E-state index in [0.29, 0.717) is 17.4 Å². The van der Waals surface area contributed by atoms with Gasteiger partial charge in [0.25, 0.3) is 0 Å². The number of rotatable bonds is 6. The Morgan fingerprint density at radius 3 is 2.79 bits per heavy atom. The second kappa shape index (κ2) is 5.38. The molecule has 3 N–H and O–H groups in total. The Kier molecular flexibility index (Phi) is 4.01. The van der Waals surface area contributed by atoms with Gasteiger partial charge in [0.2, 0.25) is 10.0 Å². The molecule has 5 nitrogen and oxygen atoms in total. The van der Waals surface area contributed by atoms with Crippen LogP contribution in [-0.4, -0.2) is 21.6 Å². The smallest absolute Gasteiger partial charge is 0.240 e. The summed E-state index contributed by atoms with van der Waals surface area (Å²) in [5.41, 5.74) is 6.06. The fourth-order valence-electron chi connectivity index (χ4n) is 2.23. The van der Waals surface area contributed by atoms with Gasteiger partial charge in [-0.05, 0) is 37.0 Å². The van der Waals surface area contributed by atoms with E-state index in [1.165, 1.54) is 19.2 Å². The van der Waals surface area contributed by atoms with Crippen molar-refractivity contribution < 1.29 is 13.2 Å². The predicted molar refractivity (Wildman–Crippen MR) is 74.5 cm³/mol. The highest BCUT2D eigenvalue weighted by Gasteiger charge is 2.39. The van der Waals surface area contributed by atoms with Gasteiger partial charge in [0.15, 0.2) is 0 Å². The van der Waals surface area contributed by atoms with Crippen LogP contribution in [0, 0.1) is 5.92 Å². The molecule has 0 aliphatic heterocycles. The summed E-state index contributed by atoms with van der Waals surface area (Å²) in [7, 11) is -1.98. The van der Waals surface area contributed by atoms with Gasteiger partial charge < -0.3 is 10.5 Å². The van der Waals surface area contributed by atoms with Crippen molar-refractivity contribution >= 4 is 15.7 Å². The van der Waals surface area contributed by atoms with Gasteiger partial charge in [-0.2, -0.15) is 0 Å². The van der Waals surface area contributed by atoms with Crippen molar-refractivity contribution in [2.75, 3.05) is 12.8 Å². The number of nitrogens with one attached hydrogen (secondary N) is 1. The maximum Gasteiger partial charge on any atom is 0.240 e. The fourth-order valence-corrected chi connectivity index (χ4v) is 3.58. The molecule has 2 atom stereocenters. The average molecular weight is 284 g/mol. The number of sulfonamides is 1. The van der Waals surface area contributed by atoms with Gasteiger partial charge in [-0.15, -0.1) is 0 Å². The van der Waals surface area contributed by atoms with Crippen molar-refractivity contribution in [3.05, 3.63) is 18.2 Å². The zero-order valence-electron chi connectivity index (χ0n) is 11.2. The van der Waals surface area contributed by atoms with Crippen molar-refractivity contribution in [3.63, 3.8) is 0 Å². The molecule has 0 aromatic heterocycles. The molecular weight excluding hydrogens is 264 g/mol. The third-order valence-corrected chi connectivity index (χ3v) is 4.89. The lowest BCUT2D eigenvalue weighted by atomic mass is 10.2. The van der Waals surface area contributed by atoms with Crippen LogP contribution in [0.25, 0.3) is 0 Å². The van der Waals surface area contributed by atoms with Crippen LogP contribution in [0.5, 0.6) is 5.75 Å². The highest BCUT2D eigenvalue weighted by molar-refractivity contribution is 7.89. The first-order valence-electron chi connectivity index (χ1n) is 6.43. The standard InChI is InChI=1S/C13H20N2O3S/c1-3-4-9-7-12(9)15-19(16,17)10-5-6-13(18-2)11(14)8-10/h5-6,8-9,12,15H,3-4,7,14H2,1-2H3. The van der Waals surface area contributed by atoms with Gasteiger partial charge >= 0.3 is 0 Å². The number of anilines is 1. The molecule has 1 aliphatic rings. The molecule has 0 radical (unpaired) electrons. The van der Waals surface area contributed by atoms with E-state index >= 15 is 0 Å². The first-order valence-corrected chi connectivity index (χ1v) is 7.92. The van der Waals surface area contributed by atoms with Crippen LogP contribution in [0.4, 0.5) is 5.69 Å². The first-order chi connectivity index (χ1) is 8.97. The van der Waals surface area contributed by atoms with E-state index in [2.05, 4.69) is 11.6 Å². The molecule has 19 heavy (non-hydrogen) atoms. The SMILES string of the molecule is CCCC1CC1NS(=O)(=O)c1ccc(OC)c(N)c1. The van der Waals surface area contributed by atoms with Crippen LogP contribution < -0.4 is 15.2 Å². The molecule has 1 aliphatic carbocycles. The van der Waals surface area contributed by atoms with Gasteiger partial charge in [-0.25, -0.2) is 13.1 Å². The number of nitrogens with two attached hydrogens (primary N) is 1. The molecule has 2 rings (SSSR count). The van der Waals surface area contributed by atoms with E-state index < -0.39 is 10.0 Å². The largest absolute Gasteiger partial charge is 0.495 e. The Morgan fingerprint density at radius 2 is 2.21 bits per heavy atom. The van der Waals surface area contributed by atoms with Crippen LogP contribution >= 0.6 is 0 Å². The minimum Gasteiger partial charge on any atom is -0.495 e. The van der Waals surface area contributed by atoms with E-state index in [1.807, 2.05) is 0 Å². The van der Waals surface area contributed by atoms with E-state index in [1.54, 1.807) is 6.07 Å². The summed E-state index contributed by atoms with van der Waals surface area (Å²) in [5, 5.41) is 0. The molecule has 0 amide bonds. The monoisotopic (exact) mass is 284 g/mol. The zero-order valence-corrected chi connectivity index (χ0v) is 12.0. The third-order valence-electron chi connectivity index (χ3n) is 3.40. The molecule has 0 heterocycles. The molecule has 106 valence electrons. The van der Waals surface area contributed by atoms with E-state index in [-0.39, 0.29) is 10.9 Å². The van der Waals surface area contributed by atoms with Crippen LogP contribution in [0.15, 0.2) is 23.1 Å². The molecule has 1 aromatic rings. The van der Waals surface area contributed by atoms with Crippen LogP contribution in [-0.2, 0) is 10.0 Å². The molecule has 0 spiro atoms.